The number of hydrogen-bond donors (Lipinski definition) is 0. The second-order valence-corrected chi connectivity index (χ2v) is 28.9. The summed E-state index contributed by atoms with van der Waals surface area (Å²) >= 11 is 0. The predicted molar refractivity (Wildman–Crippen MR) is 330 cm³/mol. The second-order valence-electron chi connectivity index (χ2n) is 28.9. The predicted octanol–water partition coefficient (Wildman–Crippen LogP) is 11.5. The molecule has 0 aliphatic carbocycles. The van der Waals surface area contributed by atoms with E-state index < -0.39 is 21.7 Å². The zero-order valence-electron chi connectivity index (χ0n) is 53.7. The van der Waals surface area contributed by atoms with E-state index in [4.69, 9.17) is 77.8 Å². The molecule has 1 aromatic rings. The van der Waals surface area contributed by atoms with Gasteiger partial charge in [0.15, 0.2) is 47.2 Å². The Hall–Kier alpha value is -5.02. The van der Waals surface area contributed by atoms with Gasteiger partial charge in [-0.25, -0.2) is 39.9 Å². The molecule has 8 aliphatic heterocycles. The minimum Gasteiger partial charge on any atom is -0.478 e. The van der Waals surface area contributed by atoms with Crippen LogP contribution in [-0.4, -0.2) is 148 Å². The zero-order chi connectivity index (χ0) is 59.4. The molecule has 8 aliphatic rings. The normalized spacial score (nSPS) is 26.9. The van der Waals surface area contributed by atoms with E-state index in [9.17, 15) is 0 Å². The van der Waals surface area contributed by atoms with Gasteiger partial charge in [-0.3, -0.25) is 0 Å². The third-order valence-electron chi connectivity index (χ3n) is 19.0. The molecule has 8 heterocycles. The number of rotatable bonds is 24. The highest BCUT2D eigenvalue weighted by molar-refractivity contribution is 6.09. The summed E-state index contributed by atoms with van der Waals surface area (Å²) in [6.45, 7) is 48.1. The minimum atomic E-state index is -0.897. The van der Waals surface area contributed by atoms with Crippen LogP contribution in [-0.2, 0) is 63.6 Å². The van der Waals surface area contributed by atoms with Gasteiger partial charge in [0.1, 0.15) is 74.5 Å². The van der Waals surface area contributed by atoms with E-state index in [0.717, 1.165) is 22.3 Å². The van der Waals surface area contributed by atoms with Crippen molar-refractivity contribution in [1.82, 2.24) is 0 Å². The fourth-order valence-corrected chi connectivity index (χ4v) is 12.2. The lowest BCUT2D eigenvalue weighted by Gasteiger charge is -2.35. The average Bonchev–Trinajstić information content (AvgIpc) is 4.32. The number of nitrogens with zero attached hydrogens (tertiary/aromatic N) is 8. The van der Waals surface area contributed by atoms with E-state index in [-0.39, 0.29) is 95.7 Å². The van der Waals surface area contributed by atoms with Gasteiger partial charge in [-0.1, -0.05) is 123 Å². The van der Waals surface area contributed by atoms with Crippen LogP contribution in [0.3, 0.4) is 0 Å². The third kappa shape index (κ3) is 12.3. The molecule has 16 nitrogen and oxygen atoms in total. The lowest BCUT2D eigenvalue weighted by Crippen LogP contribution is -2.43. The third-order valence-corrected chi connectivity index (χ3v) is 19.0. The van der Waals surface area contributed by atoms with Crippen LogP contribution in [0.1, 0.15) is 161 Å². The van der Waals surface area contributed by atoms with Gasteiger partial charge < -0.3 is 37.9 Å². The maximum Gasteiger partial charge on any atom is 0.199 e. The fourth-order valence-electron chi connectivity index (χ4n) is 12.2. The van der Waals surface area contributed by atoms with Crippen LogP contribution in [0, 0.1) is 69.0 Å². The van der Waals surface area contributed by atoms with Gasteiger partial charge in [0.2, 0.25) is 0 Å². The first-order valence-electron chi connectivity index (χ1n) is 31.5. The molecule has 8 atom stereocenters. The number of aliphatic imine (C=N–C) groups is 8. The van der Waals surface area contributed by atoms with E-state index >= 15 is 0 Å². The van der Waals surface area contributed by atoms with Crippen LogP contribution in [0.5, 0.6) is 0 Å². The Balaban J connectivity index is 1.33. The molecule has 0 amide bonds. The van der Waals surface area contributed by atoms with Crippen molar-refractivity contribution in [3.8, 4) is 0 Å². The molecule has 0 aromatic heterocycles. The van der Waals surface area contributed by atoms with Gasteiger partial charge in [0, 0.05) is 0 Å². The Kier molecular flexibility index (Phi) is 18.1. The van der Waals surface area contributed by atoms with Crippen molar-refractivity contribution in [3.05, 3.63) is 34.4 Å². The zero-order valence-corrected chi connectivity index (χ0v) is 53.7. The molecular weight excluding hydrogens is 1030 g/mol. The van der Waals surface area contributed by atoms with Gasteiger partial charge in [-0.15, -0.1) is 0 Å². The summed E-state index contributed by atoms with van der Waals surface area (Å²) in [6, 6.07) is 4.76. The topological polar surface area (TPSA) is 173 Å². The van der Waals surface area contributed by atoms with Crippen LogP contribution in [0.25, 0.3) is 0 Å². The molecular formula is C66H102N8O8. The first kappa shape index (κ1) is 61.5. The summed E-state index contributed by atoms with van der Waals surface area (Å²) in [5.41, 5.74) is 0.693. The largest absolute Gasteiger partial charge is 0.478 e. The highest BCUT2D eigenvalue weighted by atomic mass is 16.5. The first-order valence-corrected chi connectivity index (χ1v) is 31.5. The van der Waals surface area contributed by atoms with Crippen LogP contribution in [0.15, 0.2) is 52.1 Å². The Bertz CT molecular complexity index is 2250. The summed E-state index contributed by atoms with van der Waals surface area (Å²) in [5, 5.41) is 0. The molecule has 0 unspecified atom stereocenters. The molecule has 0 spiro atoms. The number of ether oxygens (including phenoxy) is 8. The molecule has 9 rings (SSSR count). The minimum absolute atomic E-state index is 0.00935. The Labute approximate surface area is 491 Å². The maximum atomic E-state index is 6.80. The van der Waals surface area contributed by atoms with Crippen molar-refractivity contribution in [2.45, 2.75) is 212 Å². The summed E-state index contributed by atoms with van der Waals surface area (Å²) in [4.78, 5) is 43.3. The van der Waals surface area contributed by atoms with Crippen LogP contribution >= 0.6 is 0 Å². The molecule has 82 heavy (non-hydrogen) atoms. The molecule has 0 radical (unpaired) electrons. The molecule has 0 fully saturated rings. The SMILES string of the molecule is CC(C)[C@H]1COC(C(C)(Cc2cc(CC(C)(C3=N[C@@H](C(C)C)CO3)C3=N[C@@H](C(C)C)CO3)c(CC(C)(C3=N[C@@H](C(C)C)CO3)C3=N[C@@H](C(C)C)CO3)cc2CC(C)(C2=N[C@@H](C(C)C)CO2)C2=N[C@@H](C(C)C)CO2)C2=N[C@@H](C(C)C)CO2)=N1. The molecule has 16 heteroatoms. The van der Waals surface area contributed by atoms with Gasteiger partial charge in [0.25, 0.3) is 0 Å². The van der Waals surface area contributed by atoms with Gasteiger partial charge in [-0.05, 0) is 123 Å². The summed E-state index contributed by atoms with van der Waals surface area (Å²) in [6.07, 6.45) is 1.81. The number of hydrogen-bond acceptors (Lipinski definition) is 16. The van der Waals surface area contributed by atoms with Crippen LogP contribution in [0.2, 0.25) is 0 Å². The quantitative estimate of drug-likeness (QED) is 0.0983. The lowest BCUT2D eigenvalue weighted by atomic mass is 9.72. The maximum absolute atomic E-state index is 6.80. The van der Waals surface area contributed by atoms with E-state index in [1.807, 2.05) is 0 Å². The van der Waals surface area contributed by atoms with Crippen molar-refractivity contribution in [2.75, 3.05) is 52.9 Å². The molecule has 1 aromatic carbocycles. The van der Waals surface area contributed by atoms with Crippen molar-refractivity contribution < 1.29 is 37.9 Å². The monoisotopic (exact) mass is 1130 g/mol. The van der Waals surface area contributed by atoms with E-state index in [1.54, 1.807) is 0 Å². The summed E-state index contributed by atoms with van der Waals surface area (Å²) < 4.78 is 54.4. The molecule has 0 saturated heterocycles. The fraction of sp³-hybridized carbons (Fsp3) is 0.788. The Morgan fingerprint density at radius 2 is 0.390 bits per heavy atom. The molecule has 454 valence electrons. The average molecular weight is 1140 g/mol. The highest BCUT2D eigenvalue weighted by Crippen LogP contribution is 2.45. The highest BCUT2D eigenvalue weighted by Gasteiger charge is 2.53. The smallest absolute Gasteiger partial charge is 0.199 e. The second kappa shape index (κ2) is 24.2. The molecule has 0 bridgehead atoms. The first-order chi connectivity index (χ1) is 38.6. The standard InChI is InChI=1S/C66H102N8O8/c1-35(2)47-27-75-55(67-47)63(17,56-68-48(28-76-56)36(3)4)23-43-21-45(25-65(19,59-71-51(31-79-59)39(9)10)60-72-52(32-80-60)40(11)12)46(26-66(20,61-73-53(33-81-61)41(13)14)62-74-54(34-82-62)42(15)16)22-44(43)24-64(18,57-69-49(29-77-57)37(5)6)58-70-50(30-78-58)38(7)8/h21-22,35-42,47-54H,23-34H2,1-20H3/t47-,48-,49-,50-,51-,52-,53-,54-/m1/s1. The summed E-state index contributed by atoms with van der Waals surface area (Å²) in [7, 11) is 0. The van der Waals surface area contributed by atoms with E-state index in [1.165, 1.54) is 0 Å². The van der Waals surface area contributed by atoms with Crippen molar-refractivity contribution >= 4 is 47.2 Å². The Morgan fingerprint density at radius 3 is 0.488 bits per heavy atom. The van der Waals surface area contributed by atoms with Crippen molar-refractivity contribution in [3.63, 3.8) is 0 Å². The van der Waals surface area contributed by atoms with Gasteiger partial charge in [-0.2, -0.15) is 0 Å². The lowest BCUT2D eigenvalue weighted by molar-refractivity contribution is 0.240. The van der Waals surface area contributed by atoms with Gasteiger partial charge in [0.05, 0.1) is 48.3 Å². The van der Waals surface area contributed by atoms with Gasteiger partial charge >= 0.3 is 0 Å². The van der Waals surface area contributed by atoms with Crippen LogP contribution in [0.4, 0.5) is 0 Å². The van der Waals surface area contributed by atoms with Crippen molar-refractivity contribution in [1.29, 1.82) is 0 Å². The van der Waals surface area contributed by atoms with E-state index in [2.05, 4.69) is 151 Å². The molecule has 0 saturated carbocycles. The Morgan fingerprint density at radius 1 is 0.268 bits per heavy atom. The summed E-state index contributed by atoms with van der Waals surface area (Å²) in [5.74, 6) is 7.35. The number of benzene rings is 1. The van der Waals surface area contributed by atoms with Crippen molar-refractivity contribution in [2.24, 2.45) is 109 Å². The van der Waals surface area contributed by atoms with E-state index in [0.29, 0.717) is 126 Å². The molecule has 0 N–H and O–H groups in total. The van der Waals surface area contributed by atoms with Crippen LogP contribution < -0.4 is 0 Å².